The lowest BCUT2D eigenvalue weighted by Gasteiger charge is -2.21. The van der Waals surface area contributed by atoms with Crippen molar-refractivity contribution in [2.75, 3.05) is 0 Å². The Hall–Kier alpha value is -11.9. The maximum absolute atomic E-state index is 8.60. The van der Waals surface area contributed by atoms with Gasteiger partial charge in [-0.3, -0.25) is 0 Å². The van der Waals surface area contributed by atoms with Gasteiger partial charge in [0.15, 0.2) is 0 Å². The van der Waals surface area contributed by atoms with E-state index >= 15 is 0 Å². The van der Waals surface area contributed by atoms with Gasteiger partial charge in [0.05, 0.1) is 22.0 Å². The van der Waals surface area contributed by atoms with E-state index in [1.807, 2.05) is 53.8 Å². The third-order valence-electron chi connectivity index (χ3n) is 22.1. The lowest BCUT2D eigenvalue weighted by atomic mass is 9.83. The summed E-state index contributed by atoms with van der Waals surface area (Å²) in [6.45, 7) is 36.8. The zero-order valence-corrected chi connectivity index (χ0v) is 71.8. The minimum Gasteiger partial charge on any atom is -0.456 e. The van der Waals surface area contributed by atoms with Crippen molar-refractivity contribution >= 4 is 129 Å². The van der Waals surface area contributed by atoms with Gasteiger partial charge in [-0.25, -0.2) is 0 Å². The van der Waals surface area contributed by atoms with Crippen LogP contribution < -0.4 is 0 Å². The first-order valence-electron chi connectivity index (χ1n) is 44.6. The number of nitrogens with zero attached hydrogens (tertiary/aromatic N) is 1. The van der Waals surface area contributed by atoms with E-state index in [0.29, 0.717) is 33.4 Å². The van der Waals surface area contributed by atoms with E-state index in [0.717, 1.165) is 48.7 Å². The van der Waals surface area contributed by atoms with E-state index in [9.17, 15) is 0 Å². The Morgan fingerprint density at radius 2 is 0.573 bits per heavy atom. The van der Waals surface area contributed by atoms with Gasteiger partial charge in [0.1, 0.15) is 22.3 Å². The first-order chi connectivity index (χ1) is 59.4. The van der Waals surface area contributed by atoms with Crippen LogP contribution in [0.4, 0.5) is 0 Å². The van der Waals surface area contributed by atoms with Gasteiger partial charge in [-0.1, -0.05) is 370 Å². The lowest BCUT2D eigenvalue weighted by Crippen LogP contribution is -2.11. The van der Waals surface area contributed by atoms with Crippen LogP contribution in [0, 0.1) is 13.8 Å². The van der Waals surface area contributed by atoms with Crippen molar-refractivity contribution in [1.82, 2.24) is 4.57 Å². The van der Waals surface area contributed by atoms with Crippen molar-refractivity contribution in [1.29, 1.82) is 0 Å². The molecule has 20 aromatic rings. The van der Waals surface area contributed by atoms with Gasteiger partial charge in [-0.15, -0.1) is 22.7 Å². The number of para-hydroxylation sites is 2. The highest BCUT2D eigenvalue weighted by Gasteiger charge is 2.27. The molecular formula is C112H105NO2S2. The fourth-order valence-electron chi connectivity index (χ4n) is 16.6. The van der Waals surface area contributed by atoms with Gasteiger partial charge in [-0.05, 0) is 186 Å². The average molecular weight is 1570 g/mol. The highest BCUT2D eigenvalue weighted by molar-refractivity contribution is 7.26. The van der Waals surface area contributed by atoms with Crippen LogP contribution in [0.1, 0.15) is 154 Å². The van der Waals surface area contributed by atoms with E-state index in [2.05, 4.69) is 345 Å². The molecule has 0 radical (unpaired) electrons. The van der Waals surface area contributed by atoms with Crippen LogP contribution in [0.5, 0.6) is 0 Å². The Kier molecular flexibility index (Phi) is 18.8. The number of benzene rings is 15. The van der Waals surface area contributed by atoms with E-state index in [4.69, 9.17) is 19.8 Å². The summed E-state index contributed by atoms with van der Waals surface area (Å²) in [6, 6.07) is 97.4. The zero-order chi connectivity index (χ0) is 88.8. The molecular weight excluding hydrogens is 1460 g/mol. The van der Waals surface area contributed by atoms with Crippen LogP contribution >= 0.6 is 22.7 Å². The summed E-state index contributed by atoms with van der Waals surface area (Å²) in [5, 5.41) is 12.0. The topological polar surface area (TPSA) is 31.2 Å². The summed E-state index contributed by atoms with van der Waals surface area (Å²) in [5.74, 6) is 0. The number of thiophene rings is 2. The minimum atomic E-state index is -0.149. The molecule has 5 aromatic heterocycles. The van der Waals surface area contributed by atoms with Crippen molar-refractivity contribution in [3.05, 3.63) is 366 Å². The first kappa shape index (κ1) is 69.4. The lowest BCUT2D eigenvalue weighted by molar-refractivity contribution is 0.590. The normalized spacial score (nSPS) is 13.1. The summed E-state index contributed by atoms with van der Waals surface area (Å²) < 4.78 is 86.2. The quantitative estimate of drug-likeness (QED) is 0.172. The molecule has 0 fully saturated rings. The van der Waals surface area contributed by atoms with E-state index < -0.39 is 0 Å². The molecule has 0 unspecified atom stereocenters. The number of rotatable bonds is 5. The second-order valence-electron chi connectivity index (χ2n) is 35.7. The predicted octanol–water partition coefficient (Wildman–Crippen LogP) is 33.8. The molecule has 15 aromatic carbocycles. The highest BCUT2D eigenvalue weighted by atomic mass is 32.1. The van der Waals surface area contributed by atoms with Crippen LogP contribution in [0.15, 0.2) is 336 Å². The summed E-state index contributed by atoms with van der Waals surface area (Å²) in [6.07, 6.45) is 0. The third kappa shape index (κ3) is 15.8. The molecule has 0 aliphatic heterocycles. The van der Waals surface area contributed by atoms with Crippen molar-refractivity contribution in [3.63, 3.8) is 0 Å². The van der Waals surface area contributed by atoms with Crippen molar-refractivity contribution in [3.8, 4) is 50.2 Å². The molecule has 20 rings (SSSR count). The molecule has 5 heterocycles. The molecule has 0 spiro atoms. The second-order valence-corrected chi connectivity index (χ2v) is 37.9. The van der Waals surface area contributed by atoms with Gasteiger partial charge in [-0.2, -0.15) is 0 Å². The van der Waals surface area contributed by atoms with E-state index in [1.165, 1.54) is 113 Å². The smallest absolute Gasteiger partial charge is 0.136 e. The fourth-order valence-corrected chi connectivity index (χ4v) is 18.9. The molecule has 0 aliphatic rings. The van der Waals surface area contributed by atoms with Crippen LogP contribution in [0.2, 0.25) is 0 Å². The molecule has 117 heavy (non-hydrogen) atoms. The number of hydrogen-bond acceptors (Lipinski definition) is 4. The highest BCUT2D eigenvalue weighted by Crippen LogP contribution is 2.49. The molecule has 0 amide bonds. The molecule has 0 saturated heterocycles. The molecule has 0 aliphatic carbocycles. The van der Waals surface area contributed by atoms with Crippen LogP contribution in [0.3, 0.4) is 0 Å². The molecule has 3 nitrogen and oxygen atoms in total. The van der Waals surface area contributed by atoms with Gasteiger partial charge in [0, 0.05) is 78.3 Å². The number of fused-ring (bicyclic) bond motifs is 15. The molecule has 0 saturated carbocycles. The second kappa shape index (κ2) is 31.6. The Morgan fingerprint density at radius 1 is 0.265 bits per heavy atom. The van der Waals surface area contributed by atoms with E-state index in [-0.39, 0.29) is 75.4 Å². The van der Waals surface area contributed by atoms with E-state index in [1.54, 1.807) is 25.2 Å². The Labute approximate surface area is 709 Å². The number of hydrogen-bond donors (Lipinski definition) is 0. The SMILES string of the molecule is CC(C)(C)c1ccc(-n2c3ccccc3c3ccccc32)cc1.CC(C)(C)c1cccc2oc3cccc(-c4ccccc4)c3c12.CC(C)(C)c1cccc2sc3cccc(-c4ccccc4)c3c12.[2H]c1c([2H])c(C)c([2H])c(-c2cccc3oc4cccc(C(C)(C)C)c4c23)c1[2H].[2H]c1c([2H])c(C)c([2H])c(-c2cccc3sc4cccc(C(C)(C)C)c4c23)c1[2H]. The number of furan rings is 2. The van der Waals surface area contributed by atoms with Crippen molar-refractivity contribution in [2.24, 2.45) is 0 Å². The maximum atomic E-state index is 8.60. The molecule has 0 bridgehead atoms. The Balaban J connectivity index is 0.000000116. The van der Waals surface area contributed by atoms with Gasteiger partial charge >= 0.3 is 0 Å². The maximum Gasteiger partial charge on any atom is 0.136 e. The molecule has 582 valence electrons. The summed E-state index contributed by atoms with van der Waals surface area (Å²) in [5.41, 5.74) is 22.2. The average Bonchev–Trinajstić information content (AvgIpc) is 1.56. The summed E-state index contributed by atoms with van der Waals surface area (Å²) in [7, 11) is 0. The van der Waals surface area contributed by atoms with Crippen LogP contribution in [-0.2, 0) is 27.1 Å². The third-order valence-corrected chi connectivity index (χ3v) is 24.3. The van der Waals surface area contributed by atoms with Crippen molar-refractivity contribution in [2.45, 2.75) is 145 Å². The zero-order valence-electron chi connectivity index (χ0n) is 78.1. The summed E-state index contributed by atoms with van der Waals surface area (Å²) in [4.78, 5) is 0. The molecule has 5 heteroatoms. The largest absolute Gasteiger partial charge is 0.456 e. The monoisotopic (exact) mass is 1570 g/mol. The predicted molar refractivity (Wildman–Crippen MR) is 512 cm³/mol. The fraction of sp³-hybridized carbons (Fsp3) is 0.196. The van der Waals surface area contributed by atoms with Gasteiger partial charge in [0.25, 0.3) is 0 Å². The van der Waals surface area contributed by atoms with Gasteiger partial charge < -0.3 is 13.4 Å². The standard InChI is InChI=1S/C23H22O.C23H22S.C22H21N.C22H20O.C22H20S/c2*1-15-8-5-9-16(14-15)17-10-6-12-19-21(17)22-18(23(2,3)4)11-7-13-20(22)24-19;1-22(2,3)16-12-14-17(15-13-16)23-20-10-6-4-8-18(20)19-9-5-7-11-21(19)23;2*1-22(2,3)17-12-8-14-19-21(17)20-16(11-7-13-18(20)23-19)15-9-5-4-6-10-15/h2*5-14H,1-4H3;4-15H,1-3H3;2*4-14H,1-3H3/i2*5D,8D,9D,14D;;;. The number of aromatic nitrogens is 1. The first-order valence-corrected chi connectivity index (χ1v) is 42.2. The summed E-state index contributed by atoms with van der Waals surface area (Å²) >= 11 is 3.62. The Morgan fingerprint density at radius 3 is 0.957 bits per heavy atom. The Bertz CT molecular complexity index is 7060. The van der Waals surface area contributed by atoms with Crippen molar-refractivity contribution < 1.29 is 19.8 Å². The molecule has 0 atom stereocenters. The van der Waals surface area contributed by atoms with Gasteiger partial charge in [0.2, 0.25) is 0 Å². The van der Waals surface area contributed by atoms with Crippen LogP contribution in [-0.4, -0.2) is 4.57 Å². The van der Waals surface area contributed by atoms with Crippen LogP contribution in [0.25, 0.3) is 156 Å². The molecule has 0 N–H and O–H groups in total. The minimum absolute atomic E-state index is 0.0310.